The summed E-state index contributed by atoms with van der Waals surface area (Å²) in [6, 6.07) is 22.1. The molecular weight excluding hydrogens is 380 g/mol. The van der Waals surface area contributed by atoms with Gasteiger partial charge >= 0.3 is 0 Å². The van der Waals surface area contributed by atoms with Crippen LogP contribution in [0.3, 0.4) is 0 Å². The monoisotopic (exact) mass is 418 g/mol. The van der Waals surface area contributed by atoms with E-state index in [2.05, 4.69) is 101 Å². The molecule has 0 radical (unpaired) electrons. The summed E-state index contributed by atoms with van der Waals surface area (Å²) in [4.78, 5) is 0. The van der Waals surface area contributed by atoms with E-state index >= 15 is 0 Å². The number of benzene rings is 2. The zero-order valence-corrected chi connectivity index (χ0v) is 20.4. The molecule has 2 aliphatic carbocycles. The van der Waals surface area contributed by atoms with Crippen LogP contribution in [0.4, 0.5) is 0 Å². The highest BCUT2D eigenvalue weighted by Gasteiger charge is 2.52. The fraction of sp³-hybridized carbons (Fsp3) is 0.500. The van der Waals surface area contributed by atoms with Crippen molar-refractivity contribution in [2.75, 3.05) is 0 Å². The molecule has 0 heterocycles. The molecule has 3 atom stereocenters. The number of hydrogen-bond donors (Lipinski definition) is 0. The van der Waals surface area contributed by atoms with E-state index in [1.807, 2.05) is 0 Å². The van der Waals surface area contributed by atoms with E-state index in [4.69, 9.17) is 4.43 Å². The van der Waals surface area contributed by atoms with Crippen molar-refractivity contribution < 1.29 is 4.43 Å². The average Bonchev–Trinajstić information content (AvgIpc) is 2.74. The van der Waals surface area contributed by atoms with E-state index in [9.17, 15) is 0 Å². The maximum absolute atomic E-state index is 7.41. The van der Waals surface area contributed by atoms with E-state index in [-0.39, 0.29) is 11.1 Å². The van der Waals surface area contributed by atoms with Gasteiger partial charge in [-0.2, -0.15) is 0 Å². The van der Waals surface area contributed by atoms with Gasteiger partial charge in [0.15, 0.2) is 0 Å². The largest absolute Gasteiger partial charge is 0.401 e. The van der Waals surface area contributed by atoms with Crippen LogP contribution >= 0.6 is 0 Å². The predicted octanol–water partition coefficient (Wildman–Crippen LogP) is 6.48. The standard InChI is InChI=1S/C28H38OSi/c1-22-13-12-14-23-21-24(19-20-28(22,23)5)29-30(27(2,3)4,25-15-8-6-9-16-25)26-17-10-7-11-18-26/h6-11,15-18,21-22,24H,12-14,19-20H2,1-5H3/t22-,24+,28+/m0/s1. The molecule has 0 amide bonds. The molecule has 2 aliphatic rings. The van der Waals surface area contributed by atoms with Crippen molar-refractivity contribution in [2.45, 2.75) is 77.9 Å². The van der Waals surface area contributed by atoms with E-state index in [0.29, 0.717) is 5.41 Å². The summed E-state index contributed by atoms with van der Waals surface area (Å²) in [5.41, 5.74) is 2.04. The Labute approximate surface area is 184 Å². The molecule has 0 spiro atoms. The Balaban J connectivity index is 1.80. The molecule has 1 saturated carbocycles. The van der Waals surface area contributed by atoms with Gasteiger partial charge in [0.25, 0.3) is 8.32 Å². The van der Waals surface area contributed by atoms with Gasteiger partial charge in [-0.1, -0.05) is 107 Å². The van der Waals surface area contributed by atoms with Gasteiger partial charge in [-0.05, 0) is 58.8 Å². The Hall–Kier alpha value is -1.64. The number of hydrogen-bond acceptors (Lipinski definition) is 1. The Morgan fingerprint density at radius 2 is 1.47 bits per heavy atom. The van der Waals surface area contributed by atoms with Crippen LogP contribution in [-0.4, -0.2) is 14.4 Å². The van der Waals surface area contributed by atoms with E-state index in [1.165, 1.54) is 36.1 Å². The number of rotatable bonds is 4. The second kappa shape index (κ2) is 8.13. The lowest BCUT2D eigenvalue weighted by atomic mass is 9.60. The fourth-order valence-electron chi connectivity index (χ4n) is 5.96. The van der Waals surface area contributed by atoms with Crippen LogP contribution in [0.2, 0.25) is 5.04 Å². The van der Waals surface area contributed by atoms with Gasteiger partial charge in [0.05, 0.1) is 6.10 Å². The Morgan fingerprint density at radius 1 is 0.900 bits per heavy atom. The minimum atomic E-state index is -2.48. The molecule has 30 heavy (non-hydrogen) atoms. The zero-order valence-electron chi connectivity index (χ0n) is 19.4. The molecular formula is C28H38OSi. The van der Waals surface area contributed by atoms with Gasteiger partial charge < -0.3 is 4.43 Å². The van der Waals surface area contributed by atoms with Crippen molar-refractivity contribution >= 4 is 18.7 Å². The summed E-state index contributed by atoms with van der Waals surface area (Å²) < 4.78 is 7.41. The van der Waals surface area contributed by atoms with Gasteiger partial charge in [-0.15, -0.1) is 0 Å². The highest BCUT2D eigenvalue weighted by Crippen LogP contribution is 2.51. The summed E-state index contributed by atoms with van der Waals surface area (Å²) in [7, 11) is -2.48. The van der Waals surface area contributed by atoms with Gasteiger partial charge in [0.1, 0.15) is 0 Å². The van der Waals surface area contributed by atoms with Gasteiger partial charge in [-0.25, -0.2) is 0 Å². The molecule has 2 heteroatoms. The summed E-state index contributed by atoms with van der Waals surface area (Å²) in [5, 5.41) is 2.80. The quantitative estimate of drug-likeness (QED) is 0.408. The van der Waals surface area contributed by atoms with E-state index in [0.717, 1.165) is 12.3 Å². The first-order valence-electron chi connectivity index (χ1n) is 11.8. The van der Waals surface area contributed by atoms with Crippen molar-refractivity contribution in [3.8, 4) is 0 Å². The second-order valence-corrected chi connectivity index (χ2v) is 15.0. The highest BCUT2D eigenvalue weighted by molar-refractivity contribution is 6.99. The molecule has 0 N–H and O–H groups in total. The third-order valence-corrected chi connectivity index (χ3v) is 13.0. The van der Waals surface area contributed by atoms with Gasteiger partial charge in [-0.3, -0.25) is 0 Å². The summed E-state index contributed by atoms with van der Waals surface area (Å²) >= 11 is 0. The van der Waals surface area contributed by atoms with Crippen molar-refractivity contribution in [1.82, 2.24) is 0 Å². The average molecular weight is 419 g/mol. The van der Waals surface area contributed by atoms with Crippen molar-refractivity contribution in [3.63, 3.8) is 0 Å². The van der Waals surface area contributed by atoms with E-state index < -0.39 is 8.32 Å². The first-order valence-corrected chi connectivity index (χ1v) is 13.7. The zero-order chi connectivity index (χ0) is 21.4. The second-order valence-electron chi connectivity index (χ2n) is 10.8. The predicted molar refractivity (Wildman–Crippen MR) is 131 cm³/mol. The molecule has 0 aliphatic heterocycles. The lowest BCUT2D eigenvalue weighted by Gasteiger charge is -2.49. The summed E-state index contributed by atoms with van der Waals surface area (Å²) in [6.45, 7) is 12.1. The normalized spacial score (nSPS) is 27.3. The molecule has 1 fully saturated rings. The topological polar surface area (TPSA) is 9.23 Å². The molecule has 0 unspecified atom stereocenters. The van der Waals surface area contributed by atoms with Crippen LogP contribution in [0.1, 0.15) is 66.7 Å². The molecule has 0 saturated heterocycles. The first kappa shape index (κ1) is 21.6. The van der Waals surface area contributed by atoms with Gasteiger partial charge in [0, 0.05) is 0 Å². The van der Waals surface area contributed by atoms with Crippen molar-refractivity contribution in [3.05, 3.63) is 72.3 Å². The third-order valence-electron chi connectivity index (χ3n) is 7.98. The lowest BCUT2D eigenvalue weighted by molar-refractivity contribution is 0.122. The Morgan fingerprint density at radius 3 is 2.00 bits per heavy atom. The Bertz CT molecular complexity index is 840. The van der Waals surface area contributed by atoms with Crippen molar-refractivity contribution in [1.29, 1.82) is 0 Å². The summed E-state index contributed by atoms with van der Waals surface area (Å²) in [6.07, 6.45) is 9.09. The molecule has 160 valence electrons. The Kier molecular flexibility index (Phi) is 5.85. The van der Waals surface area contributed by atoms with Crippen LogP contribution in [0.5, 0.6) is 0 Å². The fourth-order valence-corrected chi connectivity index (χ4v) is 10.6. The SMILES string of the molecule is C[C@H]1CCCC2=C[C@H](O[Si](c3ccccc3)(c3ccccc3)C(C)(C)C)CC[C@@]21C. The van der Waals surface area contributed by atoms with Crippen LogP contribution in [0.25, 0.3) is 0 Å². The van der Waals surface area contributed by atoms with Gasteiger partial charge in [0.2, 0.25) is 0 Å². The van der Waals surface area contributed by atoms with Crippen LogP contribution in [0.15, 0.2) is 72.3 Å². The van der Waals surface area contributed by atoms with Crippen molar-refractivity contribution in [2.24, 2.45) is 11.3 Å². The first-order chi connectivity index (χ1) is 14.3. The number of fused-ring (bicyclic) bond motifs is 1. The third kappa shape index (κ3) is 3.63. The minimum absolute atomic E-state index is 0.0365. The maximum Gasteiger partial charge on any atom is 0.261 e. The highest BCUT2D eigenvalue weighted by atomic mass is 28.4. The number of allylic oxidation sites excluding steroid dienone is 1. The molecule has 2 aromatic carbocycles. The lowest BCUT2D eigenvalue weighted by Crippen LogP contribution is -2.67. The van der Waals surface area contributed by atoms with Crippen LogP contribution in [-0.2, 0) is 4.43 Å². The van der Waals surface area contributed by atoms with Crippen LogP contribution < -0.4 is 10.4 Å². The van der Waals surface area contributed by atoms with Crippen LogP contribution in [0, 0.1) is 11.3 Å². The van der Waals surface area contributed by atoms with E-state index in [1.54, 1.807) is 5.57 Å². The molecule has 2 aromatic rings. The minimum Gasteiger partial charge on any atom is -0.401 e. The summed E-state index contributed by atoms with van der Waals surface area (Å²) in [5.74, 6) is 0.784. The molecule has 1 nitrogen and oxygen atoms in total. The molecule has 0 bridgehead atoms. The molecule has 0 aromatic heterocycles. The smallest absolute Gasteiger partial charge is 0.261 e. The maximum atomic E-state index is 7.41. The molecule has 4 rings (SSSR count).